The second-order valence-electron chi connectivity index (χ2n) is 15.2. The number of imide groups is 2. The molecule has 2 saturated heterocycles. The van der Waals surface area contributed by atoms with Gasteiger partial charge < -0.3 is 10.4 Å². The zero-order chi connectivity index (χ0) is 42.2. The van der Waals surface area contributed by atoms with E-state index < -0.39 is 81.2 Å². The first kappa shape index (κ1) is 39.6. The predicted molar refractivity (Wildman–Crippen MR) is 219 cm³/mol. The molecule has 0 spiro atoms. The standard InChI is InChI=1S/C44H31Cl3F3N5O5/c45-24-8-6-22(7-9-24)43-33(40(58)55(42(43)60)53-38-34(47)18-23(21-51-38)44(48,49)50)20-31-29(37(43)32-19-25(46)10-17-35(32)56)15-16-30-36(31)41(59)54(39(30)57)28-13-11-27(12-14-28)52-26-4-2-1-3-5-26/h1-15,17-19,21,30-31,33,36-37,52,56H,16,20H2,(H,51,53)/t30-,31+,33-,36-,37+,43+/m0/s1. The number of anilines is 4. The molecule has 60 heavy (non-hydrogen) atoms. The number of phenolic OH excluding ortho intramolecular Hbond substituents is 1. The molecule has 4 aliphatic rings. The first-order valence-electron chi connectivity index (χ1n) is 18.8. The number of aromatic hydroxyl groups is 1. The largest absolute Gasteiger partial charge is 0.508 e. The van der Waals surface area contributed by atoms with Crippen LogP contribution < -0.4 is 15.6 Å². The van der Waals surface area contributed by atoms with Crippen LogP contribution in [0.3, 0.4) is 0 Å². The van der Waals surface area contributed by atoms with Crippen LogP contribution in [0.25, 0.3) is 0 Å². The van der Waals surface area contributed by atoms with Crippen LogP contribution in [-0.2, 0) is 30.8 Å². The molecule has 0 unspecified atom stereocenters. The number of carbonyl (C=O) groups excluding carboxylic acids is 4. The molecule has 4 amide bonds. The van der Waals surface area contributed by atoms with Gasteiger partial charge in [0, 0.05) is 39.1 Å². The van der Waals surface area contributed by atoms with Gasteiger partial charge in [-0.3, -0.25) is 29.5 Å². The van der Waals surface area contributed by atoms with Crippen molar-refractivity contribution < 1.29 is 37.5 Å². The molecule has 5 aromatic rings. The van der Waals surface area contributed by atoms with Gasteiger partial charge >= 0.3 is 6.18 Å². The summed E-state index contributed by atoms with van der Waals surface area (Å²) in [7, 11) is 0. The van der Waals surface area contributed by atoms with Crippen LogP contribution in [0.5, 0.6) is 5.75 Å². The van der Waals surface area contributed by atoms with E-state index in [1.165, 1.54) is 23.1 Å². The number of hydrogen-bond acceptors (Lipinski definition) is 8. The maximum Gasteiger partial charge on any atom is 0.417 e. The average molecular weight is 873 g/mol. The van der Waals surface area contributed by atoms with Gasteiger partial charge in [0.05, 0.1) is 39.4 Å². The lowest BCUT2D eigenvalue weighted by atomic mass is 9.49. The predicted octanol–water partition coefficient (Wildman–Crippen LogP) is 9.70. The Kier molecular flexibility index (Phi) is 9.68. The number of nitrogens with zero attached hydrogens (tertiary/aromatic N) is 3. The highest BCUT2D eigenvalue weighted by Gasteiger charge is 2.70. The third-order valence-corrected chi connectivity index (χ3v) is 12.8. The van der Waals surface area contributed by atoms with Gasteiger partial charge in [-0.2, -0.15) is 18.2 Å². The monoisotopic (exact) mass is 871 g/mol. The number of halogens is 6. The van der Waals surface area contributed by atoms with Gasteiger partial charge in [0.15, 0.2) is 5.82 Å². The molecule has 4 aromatic carbocycles. The quantitative estimate of drug-likeness (QED) is 0.109. The highest BCUT2D eigenvalue weighted by molar-refractivity contribution is 6.33. The van der Waals surface area contributed by atoms with Crippen LogP contribution >= 0.6 is 34.8 Å². The van der Waals surface area contributed by atoms with Crippen molar-refractivity contribution in [1.82, 2.24) is 9.99 Å². The summed E-state index contributed by atoms with van der Waals surface area (Å²) in [5.41, 5.74) is 2.60. The number of alkyl halides is 3. The van der Waals surface area contributed by atoms with E-state index >= 15 is 4.79 Å². The molecule has 6 atom stereocenters. The van der Waals surface area contributed by atoms with Crippen LogP contribution in [0, 0.1) is 23.7 Å². The summed E-state index contributed by atoms with van der Waals surface area (Å²) in [6.07, 6.45) is -2.42. The Bertz CT molecular complexity index is 2630. The van der Waals surface area contributed by atoms with E-state index in [4.69, 9.17) is 34.8 Å². The molecule has 1 aromatic heterocycles. The minimum Gasteiger partial charge on any atom is -0.508 e. The van der Waals surface area contributed by atoms with E-state index in [2.05, 4.69) is 15.7 Å². The van der Waals surface area contributed by atoms with E-state index in [1.54, 1.807) is 48.5 Å². The second kappa shape index (κ2) is 14.7. The maximum absolute atomic E-state index is 15.4. The molecule has 16 heteroatoms. The van der Waals surface area contributed by atoms with Gasteiger partial charge in [-0.15, -0.1) is 0 Å². The Morgan fingerprint density at radius 2 is 1.47 bits per heavy atom. The van der Waals surface area contributed by atoms with Gasteiger partial charge in [0.25, 0.3) is 11.8 Å². The van der Waals surface area contributed by atoms with Crippen LogP contribution in [0.15, 0.2) is 121 Å². The van der Waals surface area contributed by atoms with Gasteiger partial charge in [-0.1, -0.05) is 76.8 Å². The number of para-hydroxylation sites is 1. The van der Waals surface area contributed by atoms with Crippen LogP contribution in [-0.4, -0.2) is 38.7 Å². The van der Waals surface area contributed by atoms with Crippen molar-refractivity contribution in [3.05, 3.63) is 153 Å². The van der Waals surface area contributed by atoms with Gasteiger partial charge in [-0.25, -0.2) is 4.98 Å². The van der Waals surface area contributed by atoms with Crippen LogP contribution in [0.1, 0.15) is 35.4 Å². The Hall–Kier alpha value is -5.89. The minimum atomic E-state index is -4.77. The molecule has 1 saturated carbocycles. The number of benzene rings is 4. The fourth-order valence-corrected chi connectivity index (χ4v) is 10.0. The van der Waals surface area contributed by atoms with E-state index in [1.807, 2.05) is 36.4 Å². The number of hydrogen-bond donors (Lipinski definition) is 3. The molecule has 3 heterocycles. The lowest BCUT2D eigenvalue weighted by Gasteiger charge is -2.50. The molecule has 0 bridgehead atoms. The number of rotatable bonds is 7. The summed E-state index contributed by atoms with van der Waals surface area (Å²) in [5, 5.41) is 15.6. The van der Waals surface area contributed by atoms with Crippen LogP contribution in [0.4, 0.5) is 36.1 Å². The maximum atomic E-state index is 15.4. The molecule has 3 fully saturated rings. The van der Waals surface area contributed by atoms with Crippen molar-refractivity contribution >= 4 is 81.3 Å². The van der Waals surface area contributed by atoms with E-state index in [0.717, 1.165) is 11.4 Å². The number of phenols is 1. The van der Waals surface area contributed by atoms with Crippen molar-refractivity contribution in [2.75, 3.05) is 15.6 Å². The first-order chi connectivity index (χ1) is 28.7. The molecule has 304 valence electrons. The summed E-state index contributed by atoms with van der Waals surface area (Å²) in [5.74, 6) is -8.14. The number of carbonyl (C=O) groups is 4. The van der Waals surface area contributed by atoms with Crippen LogP contribution in [0.2, 0.25) is 15.1 Å². The SMILES string of the molecule is O=C1[C@@H]2C[C@@H]3C(=CC[C@@H]4C(=O)N(c5ccc(Nc6ccccc6)cc5)C(=O)[C@@H]43)[C@H](c3cc(Cl)ccc3O)[C@]2(c2ccc(Cl)cc2)C(=O)N1Nc1ncc(C(F)(F)F)cc1Cl. The molecular weight excluding hydrogens is 842 g/mol. The summed E-state index contributed by atoms with van der Waals surface area (Å²) in [4.78, 5) is 64.2. The molecular formula is C44H31Cl3F3N5O5. The van der Waals surface area contributed by atoms with Crippen molar-refractivity contribution in [3.8, 4) is 5.75 Å². The molecule has 2 aliphatic heterocycles. The molecule has 3 N–H and O–H groups in total. The number of aromatic nitrogens is 1. The first-order valence-corrected chi connectivity index (χ1v) is 19.9. The van der Waals surface area contributed by atoms with E-state index in [0.29, 0.717) is 39.1 Å². The summed E-state index contributed by atoms with van der Waals surface area (Å²) >= 11 is 19.2. The van der Waals surface area contributed by atoms with Crippen molar-refractivity contribution in [3.63, 3.8) is 0 Å². The highest BCUT2D eigenvalue weighted by atomic mass is 35.5. The zero-order valence-corrected chi connectivity index (χ0v) is 33.2. The van der Waals surface area contributed by atoms with Gasteiger partial charge in [0.1, 0.15) is 5.75 Å². The normalized spacial score (nSPS) is 24.8. The fraction of sp³-hybridized carbons (Fsp3) is 0.205. The molecule has 2 aliphatic carbocycles. The summed E-state index contributed by atoms with van der Waals surface area (Å²) < 4.78 is 40.6. The lowest BCUT2D eigenvalue weighted by molar-refractivity contribution is -0.139. The lowest BCUT2D eigenvalue weighted by Crippen LogP contribution is -2.53. The number of nitrogens with one attached hydrogen (secondary N) is 2. The van der Waals surface area contributed by atoms with Gasteiger partial charge in [0.2, 0.25) is 11.8 Å². The van der Waals surface area contributed by atoms with E-state index in [9.17, 15) is 32.7 Å². The Morgan fingerprint density at radius 3 is 2.15 bits per heavy atom. The molecule has 9 rings (SSSR count). The average Bonchev–Trinajstić information content (AvgIpc) is 3.60. The summed E-state index contributed by atoms with van der Waals surface area (Å²) in [6.45, 7) is 0. The minimum absolute atomic E-state index is 0.100. The zero-order valence-electron chi connectivity index (χ0n) is 31.0. The van der Waals surface area contributed by atoms with Gasteiger partial charge in [-0.05, 0) is 97.1 Å². The van der Waals surface area contributed by atoms with Crippen molar-refractivity contribution in [1.29, 1.82) is 0 Å². The Morgan fingerprint density at radius 1 is 0.783 bits per heavy atom. The highest BCUT2D eigenvalue weighted by Crippen LogP contribution is 2.65. The van der Waals surface area contributed by atoms with Crippen molar-refractivity contribution in [2.45, 2.75) is 30.4 Å². The van der Waals surface area contributed by atoms with Crippen molar-refractivity contribution in [2.24, 2.45) is 23.7 Å². The third-order valence-electron chi connectivity index (χ3n) is 12.0. The topological polar surface area (TPSA) is 132 Å². The molecule has 0 radical (unpaired) electrons. The summed E-state index contributed by atoms with van der Waals surface area (Å²) in [6, 6.07) is 27.6. The Balaban J connectivity index is 1.16. The number of fused-ring (bicyclic) bond motifs is 4. The smallest absolute Gasteiger partial charge is 0.417 e. The number of allylic oxidation sites excluding steroid dienone is 2. The number of amides is 4. The third kappa shape index (κ3) is 6.29. The number of pyridine rings is 1. The van der Waals surface area contributed by atoms with E-state index in [-0.39, 0.29) is 29.2 Å². The fourth-order valence-electron chi connectivity index (χ4n) is 9.52. The number of hydrazine groups is 1. The molecule has 10 nitrogen and oxygen atoms in total. The second-order valence-corrected chi connectivity index (χ2v) is 16.5. The Labute approximate surface area is 355 Å².